The molecule has 0 aromatic carbocycles. The fraction of sp³-hybridized carbons (Fsp3) is 0.938. The monoisotopic (exact) mass is 622 g/mol. The SMILES string of the molecule is CC(CC(C)(C)OOC(C)(C)C)OC([SiH3])=C(OC(C)CC(C)(C)OOC(C)(C)C)OC(C)CC(C)(C)OOC(C)(C)C. The van der Waals surface area contributed by atoms with E-state index in [0.29, 0.717) is 40.8 Å². The van der Waals surface area contributed by atoms with E-state index in [1.54, 1.807) is 0 Å². The minimum absolute atomic E-state index is 0.177. The third kappa shape index (κ3) is 21.8. The zero-order chi connectivity index (χ0) is 33.4. The van der Waals surface area contributed by atoms with Crippen LogP contribution in [0.3, 0.4) is 0 Å². The van der Waals surface area contributed by atoms with Crippen LogP contribution in [0.15, 0.2) is 11.3 Å². The largest absolute Gasteiger partial charge is 0.494 e. The smallest absolute Gasteiger partial charge is 0.312 e. The van der Waals surface area contributed by atoms with Crippen molar-refractivity contribution < 1.29 is 43.5 Å². The lowest BCUT2D eigenvalue weighted by molar-refractivity contribution is -0.401. The highest BCUT2D eigenvalue weighted by Gasteiger charge is 2.32. The molecule has 0 aliphatic heterocycles. The van der Waals surface area contributed by atoms with Gasteiger partial charge in [0.1, 0.15) is 34.4 Å². The minimum Gasteiger partial charge on any atom is -0.494 e. The summed E-state index contributed by atoms with van der Waals surface area (Å²) in [6, 6.07) is 0. The second-order valence-corrected chi connectivity index (χ2v) is 17.3. The molecule has 0 aromatic heterocycles. The molecule has 252 valence electrons. The molecule has 0 aromatic rings. The van der Waals surface area contributed by atoms with Gasteiger partial charge in [0.2, 0.25) is 0 Å². The summed E-state index contributed by atoms with van der Waals surface area (Å²) in [4.78, 5) is 34.0. The summed E-state index contributed by atoms with van der Waals surface area (Å²) in [6.07, 6.45) is 1.05. The fourth-order valence-corrected chi connectivity index (χ4v) is 4.56. The van der Waals surface area contributed by atoms with Gasteiger partial charge in [-0.3, -0.25) is 0 Å². The molecule has 9 nitrogen and oxygen atoms in total. The summed E-state index contributed by atoms with van der Waals surface area (Å²) in [6.45, 7) is 35.4. The Kier molecular flexibility index (Phi) is 15.6. The first-order chi connectivity index (χ1) is 18.5. The van der Waals surface area contributed by atoms with E-state index in [2.05, 4.69) is 0 Å². The van der Waals surface area contributed by atoms with Gasteiger partial charge in [0.25, 0.3) is 0 Å². The second kappa shape index (κ2) is 15.9. The Morgan fingerprint density at radius 2 is 0.667 bits per heavy atom. The first-order valence-electron chi connectivity index (χ1n) is 15.3. The van der Waals surface area contributed by atoms with Crippen molar-refractivity contribution in [3.05, 3.63) is 11.3 Å². The predicted octanol–water partition coefficient (Wildman–Crippen LogP) is 7.44. The van der Waals surface area contributed by atoms with Crippen LogP contribution in [-0.4, -0.2) is 62.2 Å². The molecule has 0 N–H and O–H groups in total. The molecule has 0 heterocycles. The average molecular weight is 623 g/mol. The van der Waals surface area contributed by atoms with Gasteiger partial charge in [-0.2, -0.15) is 0 Å². The van der Waals surface area contributed by atoms with Crippen molar-refractivity contribution in [2.24, 2.45) is 0 Å². The second-order valence-electron chi connectivity index (χ2n) is 16.4. The standard InChI is InChI=1S/C32H66O9Si/c1-22(19-30(13,14)39-36-27(4,5)6)33-25(34-23(2)20-31(15,16)40-37-28(7,8)9)26(42)35-24(3)21-32(17,18)41-38-29(10,11)12/h22-24H,19-21H2,1-18,42H3. The lowest BCUT2D eigenvalue weighted by Crippen LogP contribution is -2.36. The topological polar surface area (TPSA) is 83.1 Å². The van der Waals surface area contributed by atoms with E-state index in [1.807, 2.05) is 125 Å². The minimum atomic E-state index is -0.586. The molecular formula is C32H66O9Si. The molecule has 0 amide bonds. The molecule has 0 saturated carbocycles. The Balaban J connectivity index is 5.75. The van der Waals surface area contributed by atoms with E-state index in [1.165, 1.54) is 0 Å². The van der Waals surface area contributed by atoms with E-state index in [4.69, 9.17) is 43.5 Å². The third-order valence-corrected chi connectivity index (χ3v) is 5.81. The number of ether oxygens (including phenoxy) is 3. The van der Waals surface area contributed by atoms with Gasteiger partial charge in [-0.1, -0.05) is 0 Å². The van der Waals surface area contributed by atoms with Crippen molar-refractivity contribution in [2.45, 2.75) is 196 Å². The van der Waals surface area contributed by atoms with Gasteiger partial charge >= 0.3 is 5.95 Å². The molecule has 0 bridgehead atoms. The van der Waals surface area contributed by atoms with Crippen LogP contribution in [0.2, 0.25) is 0 Å². The average Bonchev–Trinajstić information content (AvgIpc) is 2.72. The molecule has 3 atom stereocenters. The number of rotatable bonds is 18. The van der Waals surface area contributed by atoms with E-state index >= 15 is 0 Å². The van der Waals surface area contributed by atoms with Crippen LogP contribution in [0.4, 0.5) is 0 Å². The van der Waals surface area contributed by atoms with Gasteiger partial charge in [0, 0.05) is 19.3 Å². The van der Waals surface area contributed by atoms with Crippen molar-refractivity contribution >= 4 is 10.2 Å². The highest BCUT2D eigenvalue weighted by atomic mass is 28.1. The summed E-state index contributed by atoms with van der Waals surface area (Å²) >= 11 is 0. The maximum atomic E-state index is 6.41. The summed E-state index contributed by atoms with van der Waals surface area (Å²) in [7, 11) is 0.565. The van der Waals surface area contributed by atoms with Crippen LogP contribution >= 0.6 is 0 Å². The Morgan fingerprint density at radius 3 is 0.905 bits per heavy atom. The first-order valence-corrected chi connectivity index (χ1v) is 16.3. The van der Waals surface area contributed by atoms with E-state index < -0.39 is 33.6 Å². The zero-order valence-corrected chi connectivity index (χ0v) is 32.5. The van der Waals surface area contributed by atoms with Gasteiger partial charge in [-0.15, -0.1) is 0 Å². The maximum Gasteiger partial charge on any atom is 0.312 e. The molecule has 0 aliphatic carbocycles. The van der Waals surface area contributed by atoms with Crippen molar-refractivity contribution in [3.8, 4) is 0 Å². The summed E-state index contributed by atoms with van der Waals surface area (Å²) in [5.74, 6) is 0.373. The lowest BCUT2D eigenvalue weighted by Gasteiger charge is -2.33. The Bertz CT molecular complexity index is 775. The van der Waals surface area contributed by atoms with Crippen LogP contribution in [0.5, 0.6) is 0 Å². The van der Waals surface area contributed by atoms with E-state index in [0.717, 1.165) is 0 Å². The van der Waals surface area contributed by atoms with Gasteiger partial charge < -0.3 is 14.2 Å². The predicted molar refractivity (Wildman–Crippen MR) is 170 cm³/mol. The zero-order valence-electron chi connectivity index (χ0n) is 30.5. The molecule has 0 saturated heterocycles. The van der Waals surface area contributed by atoms with Crippen LogP contribution in [-0.2, 0) is 43.5 Å². The molecule has 0 spiro atoms. The quantitative estimate of drug-likeness (QED) is 0.0670. The Labute approximate surface area is 260 Å². The first kappa shape index (κ1) is 41.1. The summed E-state index contributed by atoms with van der Waals surface area (Å²) in [5, 5.41) is 0.670. The molecule has 10 heteroatoms. The van der Waals surface area contributed by atoms with Gasteiger partial charge in [0.05, 0.1) is 33.1 Å². The molecule has 0 radical (unpaired) electrons. The van der Waals surface area contributed by atoms with Gasteiger partial charge in [-0.05, 0) is 125 Å². The number of hydrogen-bond acceptors (Lipinski definition) is 9. The molecule has 0 aliphatic rings. The van der Waals surface area contributed by atoms with Crippen LogP contribution in [0.1, 0.15) is 144 Å². The molecular weight excluding hydrogens is 556 g/mol. The van der Waals surface area contributed by atoms with Crippen LogP contribution in [0.25, 0.3) is 0 Å². The fourth-order valence-electron chi connectivity index (χ4n) is 3.93. The third-order valence-electron chi connectivity index (χ3n) is 5.17. The Hall–Kier alpha value is -0.883. The van der Waals surface area contributed by atoms with Crippen molar-refractivity contribution in [1.29, 1.82) is 0 Å². The van der Waals surface area contributed by atoms with E-state index in [9.17, 15) is 0 Å². The van der Waals surface area contributed by atoms with Crippen molar-refractivity contribution in [1.82, 2.24) is 0 Å². The molecule has 0 rings (SSSR count). The normalized spacial score (nSPS) is 16.1. The van der Waals surface area contributed by atoms with E-state index in [-0.39, 0.29) is 18.3 Å². The summed E-state index contributed by atoms with van der Waals surface area (Å²) < 4.78 is 19.2. The van der Waals surface area contributed by atoms with Crippen LogP contribution < -0.4 is 0 Å². The maximum absolute atomic E-state index is 6.41. The number of hydrogen-bond donors (Lipinski definition) is 0. The van der Waals surface area contributed by atoms with Gasteiger partial charge in [0.15, 0.2) is 0 Å². The highest BCUT2D eigenvalue weighted by molar-refractivity contribution is 6.20. The molecule has 0 fully saturated rings. The van der Waals surface area contributed by atoms with Gasteiger partial charge in [-0.25, -0.2) is 29.3 Å². The van der Waals surface area contributed by atoms with Crippen molar-refractivity contribution in [2.75, 3.05) is 0 Å². The van der Waals surface area contributed by atoms with Crippen LogP contribution in [0, 0.1) is 0 Å². The Morgan fingerprint density at radius 1 is 0.429 bits per heavy atom. The molecule has 3 unspecified atom stereocenters. The highest BCUT2D eigenvalue weighted by Crippen LogP contribution is 2.28. The molecule has 42 heavy (non-hydrogen) atoms. The summed E-state index contributed by atoms with van der Waals surface area (Å²) in [5.41, 5.74) is -2.97. The lowest BCUT2D eigenvalue weighted by atomic mass is 10.0. The van der Waals surface area contributed by atoms with Crippen molar-refractivity contribution in [3.63, 3.8) is 0 Å².